The number of amides is 1. The van der Waals surface area contributed by atoms with Crippen LogP contribution in [-0.2, 0) is 17.9 Å². The van der Waals surface area contributed by atoms with E-state index in [1.54, 1.807) is 31.0 Å². The van der Waals surface area contributed by atoms with Crippen LogP contribution in [0.5, 0.6) is 5.75 Å². The zero-order valence-corrected chi connectivity index (χ0v) is 14.6. The summed E-state index contributed by atoms with van der Waals surface area (Å²) in [6.45, 7) is 0.768. The van der Waals surface area contributed by atoms with Gasteiger partial charge in [-0.05, 0) is 19.2 Å². The van der Waals surface area contributed by atoms with Gasteiger partial charge in [0, 0.05) is 37.3 Å². The summed E-state index contributed by atoms with van der Waals surface area (Å²) in [6.07, 6.45) is 0. The van der Waals surface area contributed by atoms with Gasteiger partial charge in [0.05, 0.1) is 13.7 Å². The van der Waals surface area contributed by atoms with Gasteiger partial charge in [-0.2, -0.15) is 0 Å². The van der Waals surface area contributed by atoms with E-state index in [9.17, 15) is 13.6 Å². The molecule has 0 bridgehead atoms. The smallest absolute Gasteiger partial charge is 0.236 e. The van der Waals surface area contributed by atoms with E-state index in [1.165, 1.54) is 12.1 Å². The molecule has 0 spiro atoms. The van der Waals surface area contributed by atoms with Gasteiger partial charge in [0.1, 0.15) is 17.4 Å². The summed E-state index contributed by atoms with van der Waals surface area (Å²) >= 11 is 0. The van der Waals surface area contributed by atoms with Crippen LogP contribution in [0.4, 0.5) is 8.78 Å². The summed E-state index contributed by atoms with van der Waals surface area (Å²) in [5, 5.41) is 0. The average molecular weight is 348 g/mol. The molecule has 0 saturated heterocycles. The lowest BCUT2D eigenvalue weighted by molar-refractivity contribution is -0.131. The lowest BCUT2D eigenvalue weighted by Gasteiger charge is -2.23. The molecule has 0 N–H and O–H groups in total. The largest absolute Gasteiger partial charge is 0.496 e. The van der Waals surface area contributed by atoms with Crippen molar-refractivity contribution in [1.29, 1.82) is 0 Å². The summed E-state index contributed by atoms with van der Waals surface area (Å²) in [4.78, 5) is 15.7. The van der Waals surface area contributed by atoms with Gasteiger partial charge in [-0.3, -0.25) is 9.69 Å². The van der Waals surface area contributed by atoms with Crippen LogP contribution in [0.1, 0.15) is 11.1 Å². The summed E-state index contributed by atoms with van der Waals surface area (Å²) in [6, 6.07) is 11.0. The molecule has 0 aromatic heterocycles. The first-order chi connectivity index (χ1) is 11.9. The third kappa shape index (κ3) is 5.26. The van der Waals surface area contributed by atoms with Crippen LogP contribution in [0, 0.1) is 11.6 Å². The molecule has 2 aromatic carbocycles. The molecule has 0 heterocycles. The molecular weight excluding hydrogens is 326 g/mol. The number of carbonyl (C=O) groups is 1. The third-order valence-corrected chi connectivity index (χ3v) is 3.89. The maximum Gasteiger partial charge on any atom is 0.236 e. The van der Waals surface area contributed by atoms with E-state index in [0.717, 1.165) is 17.4 Å². The Balaban J connectivity index is 1.93. The first-order valence-corrected chi connectivity index (χ1v) is 7.89. The first kappa shape index (κ1) is 18.9. The molecule has 0 fully saturated rings. The number of carbonyl (C=O) groups excluding carboxylic acids is 1. The van der Waals surface area contributed by atoms with Crippen molar-refractivity contribution in [3.05, 3.63) is 65.2 Å². The highest BCUT2D eigenvalue weighted by atomic mass is 19.1. The topological polar surface area (TPSA) is 32.8 Å². The predicted molar refractivity (Wildman–Crippen MR) is 92.2 cm³/mol. The molecule has 0 aliphatic heterocycles. The second-order valence-electron chi connectivity index (χ2n) is 5.97. The van der Waals surface area contributed by atoms with Crippen molar-refractivity contribution in [2.75, 3.05) is 27.7 Å². The maximum atomic E-state index is 13.7. The summed E-state index contributed by atoms with van der Waals surface area (Å²) in [7, 11) is 5.02. The predicted octanol–water partition coefficient (Wildman–Crippen LogP) is 3.06. The van der Waals surface area contributed by atoms with E-state index in [-0.39, 0.29) is 19.0 Å². The van der Waals surface area contributed by atoms with Gasteiger partial charge in [-0.15, -0.1) is 0 Å². The second kappa shape index (κ2) is 8.58. The monoisotopic (exact) mass is 348 g/mol. The number of methoxy groups -OCH3 is 1. The molecular formula is C19H22F2N2O2. The molecule has 1 amide bonds. The van der Waals surface area contributed by atoms with Crippen molar-refractivity contribution in [3.63, 3.8) is 0 Å². The third-order valence-electron chi connectivity index (χ3n) is 3.89. The zero-order valence-electron chi connectivity index (χ0n) is 14.6. The van der Waals surface area contributed by atoms with Gasteiger partial charge < -0.3 is 9.64 Å². The molecule has 4 nitrogen and oxygen atoms in total. The Bertz CT molecular complexity index is 737. The van der Waals surface area contributed by atoms with Crippen molar-refractivity contribution in [1.82, 2.24) is 9.80 Å². The number of likely N-dealkylation sites (N-methyl/N-ethyl adjacent to an activating group) is 2. The fraction of sp³-hybridized carbons (Fsp3) is 0.316. The van der Waals surface area contributed by atoms with Crippen LogP contribution < -0.4 is 4.74 Å². The van der Waals surface area contributed by atoms with Crippen molar-refractivity contribution in [2.24, 2.45) is 0 Å². The number of hydrogen-bond donors (Lipinski definition) is 0. The maximum absolute atomic E-state index is 13.7. The summed E-state index contributed by atoms with van der Waals surface area (Å²) in [5.74, 6) is -0.599. The van der Waals surface area contributed by atoms with Crippen molar-refractivity contribution < 1.29 is 18.3 Å². The highest BCUT2D eigenvalue weighted by molar-refractivity contribution is 5.78. The van der Waals surface area contributed by atoms with Gasteiger partial charge >= 0.3 is 0 Å². The Morgan fingerprint density at radius 1 is 1.04 bits per heavy atom. The van der Waals surface area contributed by atoms with Crippen LogP contribution in [0.15, 0.2) is 42.5 Å². The number of para-hydroxylation sites is 1. The van der Waals surface area contributed by atoms with E-state index >= 15 is 0 Å². The Morgan fingerprint density at radius 2 is 1.76 bits per heavy atom. The van der Waals surface area contributed by atoms with Crippen LogP contribution in [0.3, 0.4) is 0 Å². The molecule has 2 rings (SSSR count). The average Bonchev–Trinajstić information content (AvgIpc) is 2.57. The summed E-state index contributed by atoms with van der Waals surface area (Å²) < 4.78 is 31.9. The van der Waals surface area contributed by atoms with Gasteiger partial charge in [-0.1, -0.05) is 24.3 Å². The minimum atomic E-state index is -0.614. The van der Waals surface area contributed by atoms with Crippen LogP contribution in [0.2, 0.25) is 0 Å². The Labute approximate surface area is 146 Å². The minimum absolute atomic E-state index is 0.101. The van der Waals surface area contributed by atoms with Gasteiger partial charge in [0.2, 0.25) is 5.91 Å². The van der Waals surface area contributed by atoms with Crippen LogP contribution >= 0.6 is 0 Å². The highest BCUT2D eigenvalue weighted by Crippen LogP contribution is 2.19. The van der Waals surface area contributed by atoms with Crippen molar-refractivity contribution in [2.45, 2.75) is 13.1 Å². The molecule has 2 aromatic rings. The molecule has 0 saturated carbocycles. The Morgan fingerprint density at radius 3 is 2.44 bits per heavy atom. The normalized spacial score (nSPS) is 10.8. The van der Waals surface area contributed by atoms with Crippen LogP contribution in [-0.4, -0.2) is 43.5 Å². The molecule has 0 radical (unpaired) electrons. The standard InChI is InChI=1S/C19H22F2N2O2/c1-22(11-14-8-9-16(20)10-17(14)21)13-19(24)23(2)12-15-6-4-5-7-18(15)25-3/h4-10H,11-13H2,1-3H3. The molecule has 0 aliphatic carbocycles. The highest BCUT2D eigenvalue weighted by Gasteiger charge is 2.15. The van der Waals surface area contributed by atoms with Gasteiger partial charge in [-0.25, -0.2) is 8.78 Å². The summed E-state index contributed by atoms with van der Waals surface area (Å²) in [5.41, 5.74) is 1.26. The number of hydrogen-bond acceptors (Lipinski definition) is 3. The van der Waals surface area contributed by atoms with E-state index in [1.807, 2.05) is 24.3 Å². The Hall–Kier alpha value is -2.47. The van der Waals surface area contributed by atoms with E-state index in [2.05, 4.69) is 0 Å². The molecule has 0 atom stereocenters. The number of ether oxygens (including phenoxy) is 1. The van der Waals surface area contributed by atoms with Crippen LogP contribution in [0.25, 0.3) is 0 Å². The second-order valence-corrected chi connectivity index (χ2v) is 5.97. The minimum Gasteiger partial charge on any atom is -0.496 e. The first-order valence-electron chi connectivity index (χ1n) is 7.89. The molecule has 0 unspecified atom stereocenters. The number of halogens is 2. The van der Waals surface area contributed by atoms with Crippen molar-refractivity contribution >= 4 is 5.91 Å². The lowest BCUT2D eigenvalue weighted by atomic mass is 10.2. The van der Waals surface area contributed by atoms with Gasteiger partial charge in [0.25, 0.3) is 0 Å². The van der Waals surface area contributed by atoms with E-state index in [4.69, 9.17) is 4.74 Å². The molecule has 6 heteroatoms. The zero-order chi connectivity index (χ0) is 18.4. The number of benzene rings is 2. The lowest BCUT2D eigenvalue weighted by Crippen LogP contribution is -2.36. The molecule has 0 aliphatic rings. The fourth-order valence-electron chi connectivity index (χ4n) is 2.53. The van der Waals surface area contributed by atoms with E-state index in [0.29, 0.717) is 12.1 Å². The Kier molecular flexibility index (Phi) is 6.47. The van der Waals surface area contributed by atoms with Gasteiger partial charge in [0.15, 0.2) is 0 Å². The SMILES string of the molecule is COc1ccccc1CN(C)C(=O)CN(C)Cc1ccc(F)cc1F. The fourth-order valence-corrected chi connectivity index (χ4v) is 2.53. The van der Waals surface area contributed by atoms with Crippen molar-refractivity contribution in [3.8, 4) is 5.75 Å². The number of rotatable bonds is 7. The number of nitrogens with zero attached hydrogens (tertiary/aromatic N) is 2. The van der Waals surface area contributed by atoms with E-state index < -0.39 is 11.6 Å². The quantitative estimate of drug-likeness (QED) is 0.771. The molecule has 134 valence electrons. The molecule has 25 heavy (non-hydrogen) atoms.